The summed E-state index contributed by atoms with van der Waals surface area (Å²) in [5.74, 6) is 0.712. The van der Waals surface area contributed by atoms with E-state index < -0.39 is 0 Å². The molecule has 1 aromatic carbocycles. The molecule has 0 aliphatic carbocycles. The van der Waals surface area contributed by atoms with Gasteiger partial charge in [0.15, 0.2) is 0 Å². The van der Waals surface area contributed by atoms with Crippen molar-refractivity contribution in [1.29, 1.82) is 0 Å². The normalized spacial score (nSPS) is 10.3. The molecular weight excluding hydrogens is 299 g/mol. The van der Waals surface area contributed by atoms with E-state index >= 15 is 0 Å². The molecule has 54 valence electrons. The first-order chi connectivity index (χ1) is 5.22. The van der Waals surface area contributed by atoms with E-state index in [1.165, 1.54) is 29.5 Å². The summed E-state index contributed by atoms with van der Waals surface area (Å²) in [6.07, 6.45) is 0. The molecule has 1 aromatic rings. The Labute approximate surface area is 82.7 Å². The second-order valence-corrected chi connectivity index (χ2v) is 4.87. The van der Waals surface area contributed by atoms with Gasteiger partial charge in [-0.1, -0.05) is 0 Å². The van der Waals surface area contributed by atoms with Crippen LogP contribution in [0.3, 0.4) is 0 Å². The molecule has 0 saturated carbocycles. The predicted octanol–water partition coefficient (Wildman–Crippen LogP) is 2.41. The Morgan fingerprint density at radius 1 is 1.18 bits per heavy atom. The van der Waals surface area contributed by atoms with Crippen LogP contribution in [-0.2, 0) is 23.9 Å². The van der Waals surface area contributed by atoms with Crippen LogP contribution in [0.4, 0.5) is 0 Å². The molecule has 0 N–H and O–H groups in total. The van der Waals surface area contributed by atoms with Gasteiger partial charge >= 0.3 is 82.8 Å². The molecule has 0 unspecified atom stereocenters. The van der Waals surface area contributed by atoms with Crippen molar-refractivity contribution in [2.75, 3.05) is 0 Å². The average Bonchev–Trinajstić information content (AvgIpc) is 2.05. The first-order valence-electron chi connectivity index (χ1n) is 3.85. The van der Waals surface area contributed by atoms with Crippen LogP contribution in [0.25, 0.3) is 0 Å². The van der Waals surface area contributed by atoms with E-state index in [2.05, 4.69) is 44.2 Å². The predicted molar refractivity (Wildman–Crippen MR) is 45.4 cm³/mol. The summed E-state index contributed by atoms with van der Waals surface area (Å²) in [6, 6.07) is 10.7. The van der Waals surface area contributed by atoms with Gasteiger partial charge in [0.1, 0.15) is 0 Å². The zero-order valence-corrected chi connectivity index (χ0v) is 10.6. The molecular formula is C10H12Hf+2. The Morgan fingerprint density at radius 3 is 2.18 bits per heavy atom. The molecule has 0 aliphatic rings. The Balaban J connectivity index is 2.86. The van der Waals surface area contributed by atoms with Crippen molar-refractivity contribution >= 4 is 3.26 Å². The van der Waals surface area contributed by atoms with E-state index in [9.17, 15) is 0 Å². The maximum absolute atomic E-state index is 2.26. The van der Waals surface area contributed by atoms with Crippen LogP contribution in [0, 0.1) is 5.92 Å². The minimum absolute atomic E-state index is 0.712. The Kier molecular flexibility index (Phi) is 3.38. The number of hydrogen-bond acceptors (Lipinski definition) is 0. The minimum atomic E-state index is 0.712. The molecule has 0 fully saturated rings. The first kappa shape index (κ1) is 9.05. The fourth-order valence-corrected chi connectivity index (χ4v) is 1.55. The van der Waals surface area contributed by atoms with Gasteiger partial charge in [0, 0.05) is 0 Å². The standard InChI is InChI=1S/C10H12.Hf/c1-9(2)8-10-6-4-3-5-7-10;/h3-7,9H,1-2H3;/q;+2. The van der Waals surface area contributed by atoms with Crippen LogP contribution in [0.15, 0.2) is 30.3 Å². The topological polar surface area (TPSA) is 0 Å². The molecule has 0 spiro atoms. The molecule has 0 radical (unpaired) electrons. The van der Waals surface area contributed by atoms with Crippen molar-refractivity contribution in [2.24, 2.45) is 5.92 Å². The van der Waals surface area contributed by atoms with Gasteiger partial charge in [-0.05, 0) is 0 Å². The van der Waals surface area contributed by atoms with Crippen LogP contribution >= 0.6 is 0 Å². The third-order valence-electron chi connectivity index (χ3n) is 1.66. The molecule has 0 aromatic heterocycles. The molecule has 0 amide bonds. The summed E-state index contributed by atoms with van der Waals surface area (Å²) in [5, 5.41) is 0. The van der Waals surface area contributed by atoms with Gasteiger partial charge in [0.05, 0.1) is 0 Å². The molecule has 0 heterocycles. The van der Waals surface area contributed by atoms with E-state index in [1.807, 2.05) is 0 Å². The van der Waals surface area contributed by atoms with Crippen LogP contribution in [0.5, 0.6) is 0 Å². The average molecular weight is 311 g/mol. The summed E-state index contributed by atoms with van der Waals surface area (Å²) in [5.41, 5.74) is 1.43. The maximum atomic E-state index is 2.26. The molecule has 0 aliphatic heterocycles. The van der Waals surface area contributed by atoms with Crippen molar-refractivity contribution in [2.45, 2.75) is 13.8 Å². The molecule has 0 atom stereocenters. The van der Waals surface area contributed by atoms with Crippen LogP contribution in [0.1, 0.15) is 19.4 Å². The number of rotatable bonds is 2. The van der Waals surface area contributed by atoms with E-state index in [-0.39, 0.29) is 0 Å². The summed E-state index contributed by atoms with van der Waals surface area (Å²) in [7, 11) is 0. The zero-order chi connectivity index (χ0) is 8.27. The second-order valence-electron chi connectivity index (χ2n) is 2.93. The van der Waals surface area contributed by atoms with Gasteiger partial charge in [-0.25, -0.2) is 0 Å². The van der Waals surface area contributed by atoms with Crippen molar-refractivity contribution in [3.8, 4) is 0 Å². The Hall–Kier alpha value is -0.0399. The Morgan fingerprint density at radius 2 is 1.73 bits per heavy atom. The molecule has 1 rings (SSSR count). The third kappa shape index (κ3) is 2.48. The van der Waals surface area contributed by atoms with Crippen molar-refractivity contribution in [3.05, 3.63) is 35.9 Å². The van der Waals surface area contributed by atoms with Gasteiger partial charge < -0.3 is 0 Å². The van der Waals surface area contributed by atoms with E-state index in [1.54, 1.807) is 3.26 Å². The summed E-state index contributed by atoms with van der Waals surface area (Å²) >= 11 is 1.18. The van der Waals surface area contributed by atoms with Gasteiger partial charge in [0.2, 0.25) is 0 Å². The summed E-state index contributed by atoms with van der Waals surface area (Å²) in [6.45, 7) is 4.52. The summed E-state index contributed by atoms with van der Waals surface area (Å²) < 4.78 is 1.60. The van der Waals surface area contributed by atoms with Crippen molar-refractivity contribution in [1.82, 2.24) is 0 Å². The monoisotopic (exact) mass is 312 g/mol. The summed E-state index contributed by atoms with van der Waals surface area (Å²) in [4.78, 5) is 0. The third-order valence-corrected chi connectivity index (χ3v) is 4.77. The molecule has 0 bridgehead atoms. The molecule has 0 saturated heterocycles. The van der Waals surface area contributed by atoms with Crippen molar-refractivity contribution in [3.63, 3.8) is 0 Å². The van der Waals surface area contributed by atoms with E-state index in [0.29, 0.717) is 5.92 Å². The quantitative estimate of drug-likeness (QED) is 0.736. The van der Waals surface area contributed by atoms with Crippen molar-refractivity contribution < 1.29 is 23.9 Å². The molecule has 0 nitrogen and oxygen atoms in total. The Bertz CT molecular complexity index is 236. The SMILES string of the molecule is CC(C)[C](=[Hf+2])c1ccccc1. The van der Waals surface area contributed by atoms with Crippen LogP contribution in [0.2, 0.25) is 0 Å². The van der Waals surface area contributed by atoms with E-state index in [0.717, 1.165) is 0 Å². The fourth-order valence-electron chi connectivity index (χ4n) is 0.951. The van der Waals surface area contributed by atoms with Gasteiger partial charge in [-0.15, -0.1) is 0 Å². The van der Waals surface area contributed by atoms with Gasteiger partial charge in [-0.2, -0.15) is 0 Å². The van der Waals surface area contributed by atoms with Gasteiger partial charge in [-0.3, -0.25) is 0 Å². The second kappa shape index (κ2) is 4.10. The molecule has 11 heavy (non-hydrogen) atoms. The zero-order valence-electron chi connectivity index (χ0n) is 6.96. The molecule has 1 heteroatoms. The van der Waals surface area contributed by atoms with Gasteiger partial charge in [0.25, 0.3) is 0 Å². The first-order valence-corrected chi connectivity index (χ1v) is 5.65. The van der Waals surface area contributed by atoms with E-state index in [4.69, 9.17) is 0 Å². The van der Waals surface area contributed by atoms with Crippen LogP contribution in [-0.4, -0.2) is 3.26 Å². The number of hydrogen-bond donors (Lipinski definition) is 0. The fraction of sp³-hybridized carbons (Fsp3) is 0.300. The van der Waals surface area contributed by atoms with Crippen LogP contribution < -0.4 is 0 Å². The number of benzene rings is 1.